The first-order valence-corrected chi connectivity index (χ1v) is 7.38. The SMILES string of the molecule is CNCc1ccc(N2CC(C)SC(C)C2)c(F)c1. The maximum Gasteiger partial charge on any atom is 0.146 e. The van der Waals surface area contributed by atoms with Crippen molar-refractivity contribution in [3.05, 3.63) is 29.6 Å². The van der Waals surface area contributed by atoms with Crippen LogP contribution >= 0.6 is 11.8 Å². The molecule has 0 bridgehead atoms. The van der Waals surface area contributed by atoms with Gasteiger partial charge >= 0.3 is 0 Å². The van der Waals surface area contributed by atoms with Crippen LogP contribution in [0.1, 0.15) is 19.4 Å². The first kappa shape index (κ1) is 13.7. The molecule has 2 unspecified atom stereocenters. The van der Waals surface area contributed by atoms with Crippen LogP contribution < -0.4 is 10.2 Å². The van der Waals surface area contributed by atoms with E-state index in [1.165, 1.54) is 0 Å². The van der Waals surface area contributed by atoms with E-state index in [2.05, 4.69) is 24.1 Å². The fourth-order valence-corrected chi connectivity index (χ4v) is 3.82. The summed E-state index contributed by atoms with van der Waals surface area (Å²) in [6.07, 6.45) is 0. The molecule has 18 heavy (non-hydrogen) atoms. The Morgan fingerprint density at radius 3 is 2.56 bits per heavy atom. The smallest absolute Gasteiger partial charge is 0.146 e. The zero-order chi connectivity index (χ0) is 13.1. The highest BCUT2D eigenvalue weighted by Crippen LogP contribution is 2.30. The Balaban J connectivity index is 2.17. The van der Waals surface area contributed by atoms with Crippen LogP contribution in [0, 0.1) is 5.82 Å². The Hall–Kier alpha value is -0.740. The van der Waals surface area contributed by atoms with Crippen molar-refractivity contribution in [3.63, 3.8) is 0 Å². The molecule has 1 heterocycles. The van der Waals surface area contributed by atoms with Gasteiger partial charge in [-0.1, -0.05) is 19.9 Å². The largest absolute Gasteiger partial charge is 0.367 e. The van der Waals surface area contributed by atoms with Crippen LogP contribution in [0.5, 0.6) is 0 Å². The third-order valence-electron chi connectivity index (χ3n) is 3.15. The van der Waals surface area contributed by atoms with E-state index in [1.807, 2.05) is 30.9 Å². The number of nitrogens with zero attached hydrogens (tertiary/aromatic N) is 1. The monoisotopic (exact) mass is 268 g/mol. The minimum atomic E-state index is -0.103. The van der Waals surface area contributed by atoms with Gasteiger partial charge in [0.2, 0.25) is 0 Å². The van der Waals surface area contributed by atoms with E-state index in [9.17, 15) is 4.39 Å². The van der Waals surface area contributed by atoms with Crippen molar-refractivity contribution < 1.29 is 4.39 Å². The van der Waals surface area contributed by atoms with E-state index < -0.39 is 0 Å². The Labute approximate surface area is 113 Å². The van der Waals surface area contributed by atoms with Crippen LogP contribution in [-0.2, 0) is 6.54 Å². The van der Waals surface area contributed by atoms with E-state index in [1.54, 1.807) is 6.07 Å². The molecule has 1 fully saturated rings. The third-order valence-corrected chi connectivity index (χ3v) is 4.38. The lowest BCUT2D eigenvalue weighted by molar-refractivity contribution is 0.608. The molecular formula is C14H21FN2S. The van der Waals surface area contributed by atoms with Crippen molar-refractivity contribution in [2.75, 3.05) is 25.0 Å². The maximum absolute atomic E-state index is 14.1. The Bertz CT molecular complexity index is 401. The average molecular weight is 268 g/mol. The van der Waals surface area contributed by atoms with Gasteiger partial charge in [0.25, 0.3) is 0 Å². The fourth-order valence-electron chi connectivity index (χ4n) is 2.50. The van der Waals surface area contributed by atoms with Crippen molar-refractivity contribution in [3.8, 4) is 0 Å². The average Bonchev–Trinajstić information content (AvgIpc) is 2.28. The highest BCUT2D eigenvalue weighted by atomic mass is 32.2. The molecule has 1 saturated heterocycles. The molecule has 2 nitrogen and oxygen atoms in total. The molecule has 1 aliphatic rings. The first-order valence-electron chi connectivity index (χ1n) is 6.43. The van der Waals surface area contributed by atoms with E-state index in [4.69, 9.17) is 0 Å². The minimum Gasteiger partial charge on any atom is -0.367 e. The third kappa shape index (κ3) is 3.18. The molecule has 0 radical (unpaired) electrons. The summed E-state index contributed by atoms with van der Waals surface area (Å²) in [5.41, 5.74) is 1.74. The number of benzene rings is 1. The van der Waals surface area contributed by atoms with Crippen molar-refractivity contribution in [2.24, 2.45) is 0 Å². The summed E-state index contributed by atoms with van der Waals surface area (Å²) in [7, 11) is 1.87. The zero-order valence-electron chi connectivity index (χ0n) is 11.2. The van der Waals surface area contributed by atoms with Gasteiger partial charge in [0, 0.05) is 30.1 Å². The number of hydrogen-bond acceptors (Lipinski definition) is 3. The van der Waals surface area contributed by atoms with Crippen LogP contribution in [0.4, 0.5) is 10.1 Å². The van der Waals surface area contributed by atoms with Gasteiger partial charge in [-0.3, -0.25) is 0 Å². The Morgan fingerprint density at radius 2 is 2.00 bits per heavy atom. The van der Waals surface area contributed by atoms with Gasteiger partial charge in [0.05, 0.1) is 5.69 Å². The first-order chi connectivity index (χ1) is 8.60. The van der Waals surface area contributed by atoms with Crippen LogP contribution in [-0.4, -0.2) is 30.6 Å². The maximum atomic E-state index is 14.1. The van der Waals surface area contributed by atoms with Gasteiger partial charge in [-0.05, 0) is 24.7 Å². The van der Waals surface area contributed by atoms with Crippen molar-refractivity contribution in [1.29, 1.82) is 0 Å². The number of nitrogens with one attached hydrogen (secondary N) is 1. The van der Waals surface area contributed by atoms with Gasteiger partial charge in [-0.15, -0.1) is 0 Å². The molecule has 1 aromatic carbocycles. The molecule has 0 saturated carbocycles. The number of thioether (sulfide) groups is 1. The molecule has 0 aromatic heterocycles. The van der Waals surface area contributed by atoms with Crippen LogP contribution in [0.25, 0.3) is 0 Å². The summed E-state index contributed by atoms with van der Waals surface area (Å²) >= 11 is 1.98. The van der Waals surface area contributed by atoms with Gasteiger partial charge in [0.1, 0.15) is 5.82 Å². The van der Waals surface area contributed by atoms with Crippen LogP contribution in [0.3, 0.4) is 0 Å². The van der Waals surface area contributed by atoms with Gasteiger partial charge in [-0.25, -0.2) is 4.39 Å². The predicted octanol–water partition coefficient (Wildman–Crippen LogP) is 2.88. The lowest BCUT2D eigenvalue weighted by atomic mass is 10.1. The molecule has 1 aliphatic heterocycles. The van der Waals surface area contributed by atoms with Crippen LogP contribution in [0.2, 0.25) is 0 Å². The summed E-state index contributed by atoms with van der Waals surface area (Å²) in [6.45, 7) is 6.98. The van der Waals surface area contributed by atoms with Gasteiger partial charge < -0.3 is 10.2 Å². The molecule has 0 amide bonds. The quantitative estimate of drug-likeness (QED) is 0.907. The number of hydrogen-bond donors (Lipinski definition) is 1. The predicted molar refractivity (Wildman–Crippen MR) is 77.9 cm³/mol. The molecule has 4 heteroatoms. The summed E-state index contributed by atoms with van der Waals surface area (Å²) in [6, 6.07) is 5.56. The van der Waals surface area contributed by atoms with Crippen molar-refractivity contribution in [1.82, 2.24) is 5.32 Å². The number of halogens is 1. The Morgan fingerprint density at radius 1 is 1.33 bits per heavy atom. The van der Waals surface area contributed by atoms with Gasteiger partial charge in [0.15, 0.2) is 0 Å². The summed E-state index contributed by atoms with van der Waals surface area (Å²) in [5.74, 6) is -0.103. The highest BCUT2D eigenvalue weighted by Gasteiger charge is 2.24. The molecule has 2 atom stereocenters. The highest BCUT2D eigenvalue weighted by molar-refractivity contribution is 8.00. The lowest BCUT2D eigenvalue weighted by Gasteiger charge is -2.36. The Kier molecular flexibility index (Phi) is 4.51. The van der Waals surface area contributed by atoms with E-state index in [0.29, 0.717) is 17.0 Å². The van der Waals surface area contributed by atoms with Gasteiger partial charge in [-0.2, -0.15) is 11.8 Å². The molecule has 1 aromatic rings. The molecular weight excluding hydrogens is 247 g/mol. The minimum absolute atomic E-state index is 0.103. The molecule has 100 valence electrons. The second kappa shape index (κ2) is 5.93. The second-order valence-corrected chi connectivity index (χ2v) is 6.86. The molecule has 0 aliphatic carbocycles. The summed E-state index contributed by atoms with van der Waals surface area (Å²) < 4.78 is 14.1. The van der Waals surface area contributed by atoms with E-state index >= 15 is 0 Å². The van der Waals surface area contributed by atoms with Crippen molar-refractivity contribution >= 4 is 17.4 Å². The fraction of sp³-hybridized carbons (Fsp3) is 0.571. The second-order valence-electron chi connectivity index (χ2n) is 4.98. The van der Waals surface area contributed by atoms with E-state index in [-0.39, 0.29) is 5.82 Å². The topological polar surface area (TPSA) is 15.3 Å². The van der Waals surface area contributed by atoms with Crippen molar-refractivity contribution in [2.45, 2.75) is 30.9 Å². The standard InChI is InChI=1S/C14H21FN2S/c1-10-8-17(9-11(2)18-10)14-5-4-12(7-16-3)6-13(14)15/h4-6,10-11,16H,7-9H2,1-3H3. The molecule has 0 spiro atoms. The van der Waals surface area contributed by atoms with E-state index in [0.717, 1.165) is 24.3 Å². The van der Waals surface area contributed by atoms with Crippen LogP contribution in [0.15, 0.2) is 18.2 Å². The molecule has 1 N–H and O–H groups in total. The lowest BCUT2D eigenvalue weighted by Crippen LogP contribution is -2.40. The normalized spacial score (nSPS) is 24.3. The zero-order valence-corrected chi connectivity index (χ0v) is 12.1. The molecule has 2 rings (SSSR count). The summed E-state index contributed by atoms with van der Waals surface area (Å²) in [5, 5.41) is 4.16. The summed E-state index contributed by atoms with van der Waals surface area (Å²) in [4.78, 5) is 2.17. The number of anilines is 1. The number of rotatable bonds is 3.